The molecule has 0 bridgehead atoms. The standard InChI is InChI=1S/2C10H14.3Na.H3O4P/c2*1-10(2,3)9-7-5-4-6-8-9;;;;1-5(2,3)4/h2*4-8H,1-3H3;;;;(H3,1,2,3,4)/q;;3*+1;/p-3. The van der Waals surface area contributed by atoms with Crippen molar-refractivity contribution in [2.24, 2.45) is 0 Å². The largest absolute Gasteiger partial charge is 1.00 e. The van der Waals surface area contributed by atoms with Crippen molar-refractivity contribution >= 4 is 7.82 Å². The van der Waals surface area contributed by atoms with Crippen LogP contribution in [0.15, 0.2) is 60.7 Å². The second-order valence-corrected chi connectivity index (χ2v) is 8.57. The van der Waals surface area contributed by atoms with Gasteiger partial charge in [-0.25, -0.2) is 0 Å². The van der Waals surface area contributed by atoms with Gasteiger partial charge in [0.05, 0.1) is 0 Å². The van der Waals surface area contributed by atoms with Crippen LogP contribution in [0.5, 0.6) is 0 Å². The fourth-order valence-electron chi connectivity index (χ4n) is 1.88. The van der Waals surface area contributed by atoms with Crippen LogP contribution in [0.3, 0.4) is 0 Å². The molecule has 2 aromatic rings. The second kappa shape index (κ2) is 17.1. The monoisotopic (exact) mass is 432 g/mol. The van der Waals surface area contributed by atoms with Crippen LogP contribution in [0.1, 0.15) is 52.7 Å². The van der Waals surface area contributed by atoms with Crippen molar-refractivity contribution in [1.82, 2.24) is 0 Å². The summed E-state index contributed by atoms with van der Waals surface area (Å²) in [6, 6.07) is 21.1. The Hall–Kier alpha value is 1.55. The van der Waals surface area contributed by atoms with E-state index in [-0.39, 0.29) is 88.7 Å². The Morgan fingerprint density at radius 1 is 0.571 bits per heavy atom. The van der Waals surface area contributed by atoms with Gasteiger partial charge in [-0.1, -0.05) is 102 Å². The van der Waals surface area contributed by atoms with E-state index < -0.39 is 7.82 Å². The Labute approximate surface area is 237 Å². The first-order valence-electron chi connectivity index (χ1n) is 8.05. The van der Waals surface area contributed by atoms with Crippen LogP contribution in [-0.2, 0) is 15.4 Å². The van der Waals surface area contributed by atoms with Gasteiger partial charge in [0.2, 0.25) is 0 Å². The van der Waals surface area contributed by atoms with Crippen molar-refractivity contribution in [1.29, 1.82) is 0 Å². The molecule has 0 spiro atoms. The molecule has 0 saturated heterocycles. The molecule has 0 N–H and O–H groups in total. The molecule has 2 aromatic carbocycles. The molecule has 0 unspecified atom stereocenters. The molecule has 4 nitrogen and oxygen atoms in total. The Bertz CT molecular complexity index is 591. The fourth-order valence-corrected chi connectivity index (χ4v) is 1.88. The van der Waals surface area contributed by atoms with Gasteiger partial charge in [-0.15, -0.1) is 0 Å². The normalized spacial score (nSPS) is 10.3. The van der Waals surface area contributed by atoms with Gasteiger partial charge in [-0.3, -0.25) is 0 Å². The first-order chi connectivity index (χ1) is 11.2. The first-order valence-corrected chi connectivity index (χ1v) is 9.51. The van der Waals surface area contributed by atoms with Gasteiger partial charge in [-0.05, 0) is 22.0 Å². The van der Waals surface area contributed by atoms with E-state index in [0.717, 1.165) is 0 Å². The number of hydrogen-bond acceptors (Lipinski definition) is 4. The maximum absolute atomic E-state index is 8.55. The molecule has 0 aliphatic rings. The summed E-state index contributed by atoms with van der Waals surface area (Å²) in [6.45, 7) is 13.3. The molecule has 0 radical (unpaired) electrons. The van der Waals surface area contributed by atoms with Gasteiger partial charge in [0, 0.05) is 0 Å². The van der Waals surface area contributed by atoms with Crippen LogP contribution in [-0.4, -0.2) is 0 Å². The number of phosphoric acid groups is 1. The zero-order valence-corrected chi connectivity index (χ0v) is 25.7. The molecule has 0 heterocycles. The van der Waals surface area contributed by atoms with Gasteiger partial charge in [0.15, 0.2) is 0 Å². The summed E-state index contributed by atoms with van der Waals surface area (Å²) < 4.78 is 8.55. The van der Waals surface area contributed by atoms with Crippen LogP contribution in [0.4, 0.5) is 0 Å². The van der Waals surface area contributed by atoms with Crippen LogP contribution in [0.25, 0.3) is 0 Å². The predicted octanol–water partition coefficient (Wildman–Crippen LogP) is -5.84. The van der Waals surface area contributed by atoms with E-state index in [1.54, 1.807) is 0 Å². The quantitative estimate of drug-likeness (QED) is 0.307. The van der Waals surface area contributed by atoms with E-state index in [4.69, 9.17) is 19.2 Å². The molecular weight excluding hydrogens is 404 g/mol. The first kappa shape index (κ1) is 36.9. The number of benzene rings is 2. The molecular formula is C20H28Na3O4P. The molecule has 0 amide bonds. The third-order valence-electron chi connectivity index (χ3n) is 3.28. The maximum atomic E-state index is 8.55. The summed E-state index contributed by atoms with van der Waals surface area (Å²) in [5.41, 5.74) is 3.38. The minimum atomic E-state index is -5.39. The molecule has 28 heavy (non-hydrogen) atoms. The van der Waals surface area contributed by atoms with Crippen molar-refractivity contribution in [3.8, 4) is 0 Å². The van der Waals surface area contributed by atoms with Crippen LogP contribution >= 0.6 is 7.82 Å². The molecule has 0 atom stereocenters. The predicted molar refractivity (Wildman–Crippen MR) is 97.9 cm³/mol. The number of hydrogen-bond donors (Lipinski definition) is 0. The number of rotatable bonds is 0. The molecule has 0 aromatic heterocycles. The molecule has 0 aliphatic heterocycles. The molecule has 140 valence electrons. The summed E-state index contributed by atoms with van der Waals surface area (Å²) in [4.78, 5) is 25.6. The average Bonchev–Trinajstić information content (AvgIpc) is 2.46. The summed E-state index contributed by atoms with van der Waals surface area (Å²) in [5, 5.41) is 0. The maximum Gasteiger partial charge on any atom is 1.00 e. The minimum absolute atomic E-state index is 0. The third-order valence-corrected chi connectivity index (χ3v) is 3.28. The Balaban J connectivity index is -0.000000154. The summed E-state index contributed by atoms with van der Waals surface area (Å²) in [7, 11) is -5.39. The summed E-state index contributed by atoms with van der Waals surface area (Å²) >= 11 is 0. The molecule has 0 aliphatic carbocycles. The summed E-state index contributed by atoms with van der Waals surface area (Å²) in [5.74, 6) is 0. The molecule has 8 heteroatoms. The van der Waals surface area contributed by atoms with Crippen molar-refractivity contribution in [2.45, 2.75) is 52.4 Å². The van der Waals surface area contributed by atoms with Crippen LogP contribution in [0.2, 0.25) is 0 Å². The van der Waals surface area contributed by atoms with Gasteiger partial charge in [-0.2, -0.15) is 7.82 Å². The van der Waals surface area contributed by atoms with Crippen LogP contribution < -0.4 is 103 Å². The molecule has 0 fully saturated rings. The van der Waals surface area contributed by atoms with Crippen molar-refractivity contribution in [3.05, 3.63) is 71.8 Å². The second-order valence-electron chi connectivity index (χ2n) is 7.68. The SMILES string of the molecule is CC(C)(C)c1ccccc1.CC(C)(C)c1ccccc1.O=P([O-])([O-])[O-].[Na+].[Na+].[Na+]. The van der Waals surface area contributed by atoms with Crippen molar-refractivity contribution < 1.29 is 108 Å². The third kappa shape index (κ3) is 22.2. The van der Waals surface area contributed by atoms with E-state index in [9.17, 15) is 0 Å². The van der Waals surface area contributed by atoms with E-state index in [1.165, 1.54) is 11.1 Å². The zero-order chi connectivity index (χ0) is 19.7. The van der Waals surface area contributed by atoms with E-state index >= 15 is 0 Å². The fraction of sp³-hybridized carbons (Fsp3) is 0.400. The van der Waals surface area contributed by atoms with Crippen LogP contribution in [0, 0.1) is 0 Å². The summed E-state index contributed by atoms with van der Waals surface area (Å²) in [6.07, 6.45) is 0. The average molecular weight is 432 g/mol. The van der Waals surface area contributed by atoms with E-state index in [1.807, 2.05) is 0 Å². The Kier molecular flexibility index (Phi) is 22.6. The molecule has 0 saturated carbocycles. The smallest absolute Gasteiger partial charge is 0.822 e. The van der Waals surface area contributed by atoms with Gasteiger partial charge in [0.25, 0.3) is 0 Å². The van der Waals surface area contributed by atoms with Gasteiger partial charge >= 0.3 is 88.7 Å². The Morgan fingerprint density at radius 2 is 0.750 bits per heavy atom. The van der Waals surface area contributed by atoms with E-state index in [2.05, 4.69) is 102 Å². The van der Waals surface area contributed by atoms with Gasteiger partial charge < -0.3 is 19.2 Å². The molecule has 2 rings (SSSR count). The van der Waals surface area contributed by atoms with Gasteiger partial charge in [0.1, 0.15) is 0 Å². The Morgan fingerprint density at radius 3 is 0.857 bits per heavy atom. The zero-order valence-electron chi connectivity index (χ0n) is 18.9. The van der Waals surface area contributed by atoms with Crippen molar-refractivity contribution in [2.75, 3.05) is 0 Å². The minimum Gasteiger partial charge on any atom is -0.822 e. The van der Waals surface area contributed by atoms with E-state index in [0.29, 0.717) is 10.8 Å². The van der Waals surface area contributed by atoms with Crippen molar-refractivity contribution in [3.63, 3.8) is 0 Å². The topological polar surface area (TPSA) is 86.2 Å².